The van der Waals surface area contributed by atoms with E-state index < -0.39 is 0 Å². The van der Waals surface area contributed by atoms with Crippen molar-refractivity contribution in [1.82, 2.24) is 9.55 Å². The van der Waals surface area contributed by atoms with Gasteiger partial charge in [-0.05, 0) is 30.4 Å². The van der Waals surface area contributed by atoms with Crippen LogP contribution in [-0.2, 0) is 6.54 Å². The molecule has 0 aliphatic carbocycles. The van der Waals surface area contributed by atoms with Crippen LogP contribution in [0.2, 0.25) is 0 Å². The van der Waals surface area contributed by atoms with Crippen molar-refractivity contribution in [2.75, 3.05) is 0 Å². The van der Waals surface area contributed by atoms with Crippen molar-refractivity contribution in [3.05, 3.63) is 64.8 Å². The maximum atomic E-state index is 12.4. The molecule has 2 rings (SSSR count). The molecular formula is C18H27N3OS. The van der Waals surface area contributed by atoms with E-state index in [0.717, 1.165) is 5.52 Å². The number of aromatic amines is 1. The molecule has 0 aliphatic heterocycles. The summed E-state index contributed by atoms with van der Waals surface area (Å²) in [4.78, 5) is 19.4. The van der Waals surface area contributed by atoms with E-state index in [2.05, 4.69) is 23.1 Å². The summed E-state index contributed by atoms with van der Waals surface area (Å²) >= 11 is 5.21. The molecule has 23 heavy (non-hydrogen) atoms. The van der Waals surface area contributed by atoms with E-state index >= 15 is 0 Å². The molecule has 2 aromatic rings. The maximum absolute atomic E-state index is 12.4. The lowest BCUT2D eigenvalue weighted by Gasteiger charge is -2.07. The van der Waals surface area contributed by atoms with Gasteiger partial charge < -0.3 is 4.98 Å². The van der Waals surface area contributed by atoms with Gasteiger partial charge in [-0.15, -0.1) is 0 Å². The first-order valence-corrected chi connectivity index (χ1v) is 8.10. The predicted molar refractivity (Wildman–Crippen MR) is 106 cm³/mol. The second-order valence-corrected chi connectivity index (χ2v) is 4.26. The summed E-state index contributed by atoms with van der Waals surface area (Å²) in [7, 11) is 0. The quantitative estimate of drug-likeness (QED) is 0.623. The standard InChI is InChI=1S/C14H13N3OS.2C2H6.H2/c1-3-10(15-4-2)9-17-13(18)11-7-5-6-8-12(11)16-14(17)19;2*1-2;/h3-8H,1-2,9H2,(H,16,19);2*1-2H3;1H. The molecule has 5 heteroatoms. The lowest BCUT2D eigenvalue weighted by atomic mass is 10.2. The highest BCUT2D eigenvalue weighted by Crippen LogP contribution is 2.06. The average molecular weight is 334 g/mol. The Labute approximate surface area is 144 Å². The lowest BCUT2D eigenvalue weighted by molar-refractivity contribution is 0.777. The van der Waals surface area contributed by atoms with Crippen LogP contribution in [0.1, 0.15) is 29.1 Å². The molecule has 126 valence electrons. The van der Waals surface area contributed by atoms with Gasteiger partial charge in [0.05, 0.1) is 23.2 Å². The zero-order valence-electron chi connectivity index (χ0n) is 14.3. The molecule has 0 bridgehead atoms. The summed E-state index contributed by atoms with van der Waals surface area (Å²) < 4.78 is 1.82. The van der Waals surface area contributed by atoms with Crippen LogP contribution in [-0.4, -0.2) is 15.3 Å². The van der Waals surface area contributed by atoms with Crippen LogP contribution in [0.3, 0.4) is 0 Å². The van der Waals surface area contributed by atoms with Crippen molar-refractivity contribution in [2.24, 2.45) is 4.99 Å². The number of nitrogens with zero attached hydrogens (tertiary/aromatic N) is 2. The summed E-state index contributed by atoms with van der Waals surface area (Å²) in [5, 5.41) is 0.595. The highest BCUT2D eigenvalue weighted by Gasteiger charge is 2.06. The van der Waals surface area contributed by atoms with Gasteiger partial charge in [0.1, 0.15) is 0 Å². The largest absolute Gasteiger partial charge is 0.332 e. The van der Waals surface area contributed by atoms with Crippen molar-refractivity contribution in [3.63, 3.8) is 0 Å². The molecular weight excluding hydrogens is 306 g/mol. The first-order valence-electron chi connectivity index (χ1n) is 7.69. The number of fused-ring (bicyclic) bond motifs is 1. The number of hydrogen-bond acceptors (Lipinski definition) is 3. The summed E-state index contributed by atoms with van der Waals surface area (Å²) in [6.07, 6.45) is 2.99. The molecule has 0 saturated carbocycles. The topological polar surface area (TPSA) is 50.1 Å². The molecule has 0 saturated heterocycles. The van der Waals surface area contributed by atoms with E-state index in [1.54, 1.807) is 12.1 Å². The number of allylic oxidation sites excluding steroid dienone is 1. The Morgan fingerprint density at radius 3 is 2.48 bits per heavy atom. The molecule has 4 nitrogen and oxygen atoms in total. The molecule has 0 atom stereocenters. The molecule has 0 fully saturated rings. The summed E-state index contributed by atoms with van der Waals surface area (Å²) in [5.74, 6) is 0. The minimum Gasteiger partial charge on any atom is -0.332 e. The fourth-order valence-corrected chi connectivity index (χ4v) is 2.04. The number of nitrogens with one attached hydrogen (secondary N) is 1. The second kappa shape index (κ2) is 11.3. The molecule has 0 amide bonds. The summed E-state index contributed by atoms with van der Waals surface area (Å²) in [6.45, 7) is 15.5. The molecule has 1 aromatic heterocycles. The van der Waals surface area contributed by atoms with Gasteiger partial charge in [-0.1, -0.05) is 53.0 Å². The van der Waals surface area contributed by atoms with Crippen molar-refractivity contribution in [3.8, 4) is 0 Å². The van der Waals surface area contributed by atoms with Gasteiger partial charge in [0.25, 0.3) is 5.56 Å². The zero-order chi connectivity index (χ0) is 17.8. The van der Waals surface area contributed by atoms with Crippen LogP contribution in [0.5, 0.6) is 0 Å². The van der Waals surface area contributed by atoms with Gasteiger partial charge in [0.2, 0.25) is 0 Å². The molecule has 0 radical (unpaired) electrons. The van der Waals surface area contributed by atoms with Gasteiger partial charge in [-0.3, -0.25) is 14.4 Å². The van der Waals surface area contributed by atoms with Crippen molar-refractivity contribution >= 4 is 28.8 Å². The van der Waals surface area contributed by atoms with Crippen molar-refractivity contribution in [2.45, 2.75) is 34.2 Å². The number of hydrogen-bond donors (Lipinski definition) is 1. The molecule has 0 aliphatic rings. The summed E-state index contributed by atoms with van der Waals surface area (Å²) in [6, 6.07) is 7.25. The fraction of sp³-hybridized carbons (Fsp3) is 0.278. The van der Waals surface area contributed by atoms with E-state index in [-0.39, 0.29) is 13.5 Å². The van der Waals surface area contributed by atoms with Gasteiger partial charge in [0.15, 0.2) is 4.77 Å². The molecule has 0 spiro atoms. The van der Waals surface area contributed by atoms with Crippen LogP contribution in [0.4, 0.5) is 0 Å². The lowest BCUT2D eigenvalue weighted by Crippen LogP contribution is -2.25. The van der Waals surface area contributed by atoms with Crippen molar-refractivity contribution < 1.29 is 1.43 Å². The number of rotatable bonds is 4. The third kappa shape index (κ3) is 5.45. The van der Waals surface area contributed by atoms with E-state index in [0.29, 0.717) is 15.9 Å². The average Bonchev–Trinajstić information content (AvgIpc) is 2.61. The number of H-pyrrole nitrogens is 1. The number of benzene rings is 1. The number of para-hydroxylation sites is 1. The monoisotopic (exact) mass is 333 g/mol. The van der Waals surface area contributed by atoms with E-state index in [4.69, 9.17) is 12.2 Å². The first kappa shape index (κ1) is 20.7. The normalized spacial score (nSPS) is 10.0. The van der Waals surface area contributed by atoms with Crippen LogP contribution >= 0.6 is 12.2 Å². The Balaban J connectivity index is 0. The van der Waals surface area contributed by atoms with Gasteiger partial charge in [-0.2, -0.15) is 0 Å². The minimum absolute atomic E-state index is 0. The Bertz CT molecular complexity index is 791. The van der Waals surface area contributed by atoms with Gasteiger partial charge in [0, 0.05) is 7.63 Å². The smallest absolute Gasteiger partial charge is 0.262 e. The Kier molecular flexibility index (Phi) is 10.2. The van der Waals surface area contributed by atoms with Crippen LogP contribution < -0.4 is 5.56 Å². The predicted octanol–water partition coefficient (Wildman–Crippen LogP) is 5.13. The van der Waals surface area contributed by atoms with E-state index in [1.807, 2.05) is 45.9 Å². The molecule has 1 N–H and O–H groups in total. The maximum Gasteiger partial charge on any atom is 0.262 e. The zero-order valence-corrected chi connectivity index (χ0v) is 15.1. The highest BCUT2D eigenvalue weighted by atomic mass is 32.1. The number of aliphatic imine (C=N–C) groups is 1. The van der Waals surface area contributed by atoms with Crippen LogP contribution in [0, 0.1) is 4.77 Å². The Morgan fingerprint density at radius 1 is 1.30 bits per heavy atom. The second-order valence-electron chi connectivity index (χ2n) is 3.87. The fourth-order valence-electron chi connectivity index (χ4n) is 1.78. The molecule has 1 aromatic carbocycles. The van der Waals surface area contributed by atoms with E-state index in [1.165, 1.54) is 10.8 Å². The van der Waals surface area contributed by atoms with Crippen LogP contribution in [0.25, 0.3) is 10.9 Å². The molecule has 0 unspecified atom stereocenters. The Hall–Kier alpha value is -2.27. The molecule has 1 heterocycles. The van der Waals surface area contributed by atoms with E-state index in [9.17, 15) is 4.79 Å². The SMILES string of the molecule is C=CN=C(C=C)Cn1c(=S)[nH]c2ccccc2c1=O.CC.CC.[HH]. The minimum atomic E-state index is -0.141. The van der Waals surface area contributed by atoms with Crippen molar-refractivity contribution in [1.29, 1.82) is 0 Å². The van der Waals surface area contributed by atoms with Gasteiger partial charge in [-0.25, -0.2) is 0 Å². The third-order valence-electron chi connectivity index (χ3n) is 2.70. The first-order chi connectivity index (χ1) is 11.2. The highest BCUT2D eigenvalue weighted by molar-refractivity contribution is 7.71. The number of aromatic nitrogens is 2. The van der Waals surface area contributed by atoms with Crippen LogP contribution in [0.15, 0.2) is 59.5 Å². The Morgan fingerprint density at radius 2 is 1.91 bits per heavy atom. The van der Waals surface area contributed by atoms with Gasteiger partial charge >= 0.3 is 0 Å². The summed E-state index contributed by atoms with van der Waals surface area (Å²) in [5.41, 5.74) is 1.22. The third-order valence-corrected chi connectivity index (χ3v) is 3.02.